The Hall–Kier alpha value is -1.51. The lowest BCUT2D eigenvalue weighted by atomic mass is 9.89. The maximum Gasteiger partial charge on any atom is 0.119 e. The van der Waals surface area contributed by atoms with Gasteiger partial charge in [-0.3, -0.25) is 4.90 Å². The van der Waals surface area contributed by atoms with Crippen molar-refractivity contribution in [2.45, 2.75) is 12.5 Å². The number of phenolic OH excluding ortho intramolecular Hbond substituents is 1. The Morgan fingerprint density at radius 2 is 1.71 bits per heavy atom. The van der Waals surface area contributed by atoms with Crippen molar-refractivity contribution >= 4 is 11.6 Å². The van der Waals surface area contributed by atoms with E-state index in [1.165, 1.54) is 5.56 Å². The van der Waals surface area contributed by atoms with E-state index in [2.05, 4.69) is 29.2 Å². The molecule has 3 rings (SSSR count). The second-order valence-corrected chi connectivity index (χ2v) is 6.07. The average Bonchev–Trinajstić information content (AvgIpc) is 2.91. The molecule has 0 bridgehead atoms. The lowest BCUT2D eigenvalue weighted by Gasteiger charge is -2.17. The molecule has 110 valence electrons. The first-order chi connectivity index (χ1) is 10.3. The second-order valence-electron chi connectivity index (χ2n) is 5.76. The van der Waals surface area contributed by atoms with Crippen LogP contribution in [0.5, 0.6) is 5.75 Å². The molecule has 2 atom stereocenters. The molecular weight excluding hydrogens is 282 g/mol. The van der Waals surface area contributed by atoms with E-state index in [0.29, 0.717) is 23.5 Å². The van der Waals surface area contributed by atoms with Gasteiger partial charge in [0.05, 0.1) is 0 Å². The van der Waals surface area contributed by atoms with Crippen LogP contribution in [0.2, 0.25) is 0 Å². The van der Waals surface area contributed by atoms with Crippen LogP contribution in [-0.2, 0) is 6.54 Å². The van der Waals surface area contributed by atoms with Crippen molar-refractivity contribution in [3.05, 3.63) is 65.7 Å². The highest BCUT2D eigenvalue weighted by Gasteiger charge is 2.34. The maximum absolute atomic E-state index is 10.1. The number of halogens is 1. The van der Waals surface area contributed by atoms with Gasteiger partial charge in [-0.25, -0.2) is 0 Å². The number of benzene rings is 2. The Morgan fingerprint density at radius 3 is 2.43 bits per heavy atom. The van der Waals surface area contributed by atoms with Gasteiger partial charge in [-0.05, 0) is 23.1 Å². The van der Waals surface area contributed by atoms with Gasteiger partial charge in [-0.1, -0.05) is 48.5 Å². The Labute approximate surface area is 131 Å². The van der Waals surface area contributed by atoms with E-state index in [9.17, 15) is 5.11 Å². The van der Waals surface area contributed by atoms with Crippen molar-refractivity contribution in [3.8, 4) is 5.75 Å². The summed E-state index contributed by atoms with van der Waals surface area (Å²) in [7, 11) is 0. The van der Waals surface area contributed by atoms with Gasteiger partial charge in [0.15, 0.2) is 0 Å². The van der Waals surface area contributed by atoms with Gasteiger partial charge < -0.3 is 5.11 Å². The van der Waals surface area contributed by atoms with Gasteiger partial charge in [0.1, 0.15) is 5.75 Å². The number of hydrogen-bond acceptors (Lipinski definition) is 2. The number of alkyl halides is 1. The zero-order valence-corrected chi connectivity index (χ0v) is 12.7. The molecule has 1 aliphatic heterocycles. The van der Waals surface area contributed by atoms with Crippen LogP contribution < -0.4 is 0 Å². The third kappa shape index (κ3) is 3.22. The molecule has 2 unspecified atom stereocenters. The van der Waals surface area contributed by atoms with Gasteiger partial charge in [0.2, 0.25) is 0 Å². The highest BCUT2D eigenvalue weighted by Crippen LogP contribution is 2.37. The largest absolute Gasteiger partial charge is 0.508 e. The van der Waals surface area contributed by atoms with Crippen molar-refractivity contribution in [1.82, 2.24) is 4.90 Å². The quantitative estimate of drug-likeness (QED) is 0.867. The molecule has 0 aliphatic carbocycles. The molecule has 2 aromatic rings. The van der Waals surface area contributed by atoms with Crippen molar-refractivity contribution in [1.29, 1.82) is 0 Å². The van der Waals surface area contributed by atoms with Gasteiger partial charge in [-0.15, -0.1) is 11.6 Å². The summed E-state index contributed by atoms with van der Waals surface area (Å²) in [5, 5.41) is 10.1. The molecule has 1 heterocycles. The number of nitrogens with zero attached hydrogens (tertiary/aromatic N) is 1. The molecule has 1 fully saturated rings. The Morgan fingerprint density at radius 1 is 1.00 bits per heavy atom. The first-order valence-electron chi connectivity index (χ1n) is 7.38. The van der Waals surface area contributed by atoms with E-state index in [1.807, 2.05) is 24.3 Å². The highest BCUT2D eigenvalue weighted by molar-refractivity contribution is 6.18. The zero-order chi connectivity index (χ0) is 14.7. The summed E-state index contributed by atoms with van der Waals surface area (Å²) in [6.45, 7) is 2.87. The molecule has 2 aromatic carbocycles. The van der Waals surface area contributed by atoms with Crippen LogP contribution in [0.1, 0.15) is 17.0 Å². The standard InChI is InChI=1S/C18H20ClNO/c19-10-15-12-20(11-14-6-2-1-3-7-14)13-17(15)16-8-4-5-9-18(16)21/h1-9,15,17,21H,10-13H2. The number of para-hydroxylation sites is 1. The molecule has 1 N–H and O–H groups in total. The number of hydrogen-bond donors (Lipinski definition) is 1. The maximum atomic E-state index is 10.1. The molecule has 0 aromatic heterocycles. The predicted octanol–water partition coefficient (Wildman–Crippen LogP) is 3.85. The fourth-order valence-electron chi connectivity index (χ4n) is 3.24. The molecule has 21 heavy (non-hydrogen) atoms. The molecule has 3 heteroatoms. The van der Waals surface area contributed by atoms with Gasteiger partial charge in [0.25, 0.3) is 0 Å². The third-order valence-electron chi connectivity index (χ3n) is 4.30. The number of phenols is 1. The monoisotopic (exact) mass is 301 g/mol. The van der Waals surface area contributed by atoms with Crippen LogP contribution in [0, 0.1) is 5.92 Å². The molecule has 1 aliphatic rings. The lowest BCUT2D eigenvalue weighted by molar-refractivity contribution is 0.319. The SMILES string of the molecule is Oc1ccccc1C1CN(Cc2ccccc2)CC1CCl. The number of rotatable bonds is 4. The van der Waals surface area contributed by atoms with E-state index in [1.54, 1.807) is 6.07 Å². The predicted molar refractivity (Wildman–Crippen MR) is 86.8 cm³/mol. The first-order valence-corrected chi connectivity index (χ1v) is 7.91. The molecule has 2 nitrogen and oxygen atoms in total. The summed E-state index contributed by atoms with van der Waals surface area (Å²) in [5.41, 5.74) is 2.35. The van der Waals surface area contributed by atoms with Crippen molar-refractivity contribution in [2.75, 3.05) is 19.0 Å². The third-order valence-corrected chi connectivity index (χ3v) is 4.70. The average molecular weight is 302 g/mol. The van der Waals surface area contributed by atoms with E-state index in [4.69, 9.17) is 11.6 Å². The van der Waals surface area contributed by atoms with Crippen LogP contribution in [0.15, 0.2) is 54.6 Å². The highest BCUT2D eigenvalue weighted by atomic mass is 35.5. The van der Waals surface area contributed by atoms with E-state index in [0.717, 1.165) is 25.2 Å². The lowest BCUT2D eigenvalue weighted by Crippen LogP contribution is -2.20. The minimum absolute atomic E-state index is 0.312. The van der Waals surface area contributed by atoms with E-state index in [-0.39, 0.29) is 0 Å². The minimum Gasteiger partial charge on any atom is -0.508 e. The fourth-order valence-corrected chi connectivity index (χ4v) is 3.55. The van der Waals surface area contributed by atoms with Crippen LogP contribution in [-0.4, -0.2) is 29.0 Å². The van der Waals surface area contributed by atoms with Crippen molar-refractivity contribution in [3.63, 3.8) is 0 Å². The molecule has 0 saturated carbocycles. The summed E-state index contributed by atoms with van der Waals surface area (Å²) in [4.78, 5) is 2.43. The molecule has 0 spiro atoms. The topological polar surface area (TPSA) is 23.5 Å². The fraction of sp³-hybridized carbons (Fsp3) is 0.333. The summed E-state index contributed by atoms with van der Waals surface area (Å²) in [5.74, 6) is 1.72. The first kappa shape index (κ1) is 14.4. The van der Waals surface area contributed by atoms with Crippen LogP contribution in [0.4, 0.5) is 0 Å². The second kappa shape index (κ2) is 6.50. The van der Waals surface area contributed by atoms with Gasteiger partial charge >= 0.3 is 0 Å². The summed E-state index contributed by atoms with van der Waals surface area (Å²) >= 11 is 6.16. The normalized spacial score (nSPS) is 22.5. The van der Waals surface area contributed by atoms with Crippen molar-refractivity contribution in [2.24, 2.45) is 5.92 Å². The van der Waals surface area contributed by atoms with E-state index < -0.39 is 0 Å². The van der Waals surface area contributed by atoms with Crippen LogP contribution >= 0.6 is 11.6 Å². The Bertz CT molecular complexity index is 587. The molecule has 0 amide bonds. The van der Waals surface area contributed by atoms with Gasteiger partial charge in [0, 0.05) is 31.4 Å². The van der Waals surface area contributed by atoms with Crippen LogP contribution in [0.25, 0.3) is 0 Å². The molecule has 0 radical (unpaired) electrons. The number of aromatic hydroxyl groups is 1. The smallest absolute Gasteiger partial charge is 0.119 e. The zero-order valence-electron chi connectivity index (χ0n) is 12.0. The summed E-state index contributed by atoms with van der Waals surface area (Å²) in [6.07, 6.45) is 0. The molecular formula is C18H20ClNO. The summed E-state index contributed by atoms with van der Waals surface area (Å²) in [6, 6.07) is 18.1. The Balaban J connectivity index is 1.76. The van der Waals surface area contributed by atoms with Crippen LogP contribution in [0.3, 0.4) is 0 Å². The minimum atomic E-state index is 0.312. The van der Waals surface area contributed by atoms with Crippen molar-refractivity contribution < 1.29 is 5.11 Å². The molecule has 1 saturated heterocycles. The number of likely N-dealkylation sites (tertiary alicyclic amines) is 1. The summed E-state index contributed by atoms with van der Waals surface area (Å²) < 4.78 is 0. The Kier molecular flexibility index (Phi) is 4.47. The van der Waals surface area contributed by atoms with E-state index >= 15 is 0 Å². The van der Waals surface area contributed by atoms with Gasteiger partial charge in [-0.2, -0.15) is 0 Å².